The molecule has 0 aliphatic carbocycles. The van der Waals surface area contributed by atoms with Gasteiger partial charge in [-0.2, -0.15) is 0 Å². The molecule has 0 saturated heterocycles. The van der Waals surface area contributed by atoms with Crippen LogP contribution in [0, 0.1) is 0 Å². The lowest BCUT2D eigenvalue weighted by Gasteiger charge is -1.95. The predicted octanol–water partition coefficient (Wildman–Crippen LogP) is 4.11. The third-order valence-electron chi connectivity index (χ3n) is 1.35. The van der Waals surface area contributed by atoms with Gasteiger partial charge in [0.1, 0.15) is 0 Å². The molecule has 62 valence electrons. The van der Waals surface area contributed by atoms with Gasteiger partial charge in [0.15, 0.2) is 0 Å². The van der Waals surface area contributed by atoms with Crippen LogP contribution in [0.4, 0.5) is 0 Å². The zero-order valence-electron chi connectivity index (χ0n) is 6.43. The van der Waals surface area contributed by atoms with Gasteiger partial charge in [0, 0.05) is 10.1 Å². The van der Waals surface area contributed by atoms with Gasteiger partial charge in [0.2, 0.25) is 0 Å². The van der Waals surface area contributed by atoms with Crippen molar-refractivity contribution in [1.29, 1.82) is 0 Å². The molecule has 0 bridgehead atoms. The summed E-state index contributed by atoms with van der Waals surface area (Å²) in [5.74, 6) is 0. The van der Waals surface area contributed by atoms with Crippen molar-refractivity contribution in [3.63, 3.8) is 0 Å². The summed E-state index contributed by atoms with van der Waals surface area (Å²) in [5.41, 5.74) is 0.945. The summed E-state index contributed by atoms with van der Waals surface area (Å²) in [6.45, 7) is 3.54. The molecule has 0 fully saturated rings. The van der Waals surface area contributed by atoms with Crippen molar-refractivity contribution < 1.29 is 0 Å². The summed E-state index contributed by atoms with van der Waals surface area (Å²) in [5, 5.41) is 1.21. The van der Waals surface area contributed by atoms with Gasteiger partial charge in [-0.25, -0.2) is 0 Å². The second-order valence-electron chi connectivity index (χ2n) is 2.30. The van der Waals surface area contributed by atoms with E-state index in [1.54, 1.807) is 6.08 Å². The van der Waals surface area contributed by atoms with Crippen molar-refractivity contribution in [2.45, 2.75) is 0 Å². The highest BCUT2D eigenvalue weighted by Gasteiger charge is 1.92. The van der Waals surface area contributed by atoms with Crippen molar-refractivity contribution in [3.8, 4) is 0 Å². The van der Waals surface area contributed by atoms with Crippen LogP contribution < -0.4 is 0 Å². The molecule has 0 amide bonds. The van der Waals surface area contributed by atoms with Crippen LogP contribution in [0.1, 0.15) is 5.56 Å². The molecule has 1 aromatic carbocycles. The van der Waals surface area contributed by atoms with Crippen LogP contribution >= 0.6 is 23.2 Å². The molecular weight excluding hydrogens is 191 g/mol. The first-order chi connectivity index (χ1) is 5.70. The van der Waals surface area contributed by atoms with E-state index in [1.807, 2.05) is 30.3 Å². The minimum atomic E-state index is 0.495. The molecule has 1 rings (SSSR count). The maximum absolute atomic E-state index is 5.88. The molecule has 0 spiro atoms. The topological polar surface area (TPSA) is 0 Å². The van der Waals surface area contributed by atoms with Crippen molar-refractivity contribution >= 4 is 29.3 Å². The number of rotatable bonds is 2. The van der Waals surface area contributed by atoms with Crippen LogP contribution in [0.15, 0.2) is 42.0 Å². The van der Waals surface area contributed by atoms with Crippen molar-refractivity contribution in [2.75, 3.05) is 0 Å². The Hall–Kier alpha value is -0.720. The van der Waals surface area contributed by atoms with E-state index in [1.165, 1.54) is 0 Å². The maximum Gasteiger partial charge on any atom is 0.0478 e. The Morgan fingerprint density at radius 2 is 2.00 bits per heavy atom. The fourth-order valence-corrected chi connectivity index (χ4v) is 1.05. The SMILES string of the molecule is C=C(Cl)/C=C/c1ccccc1Cl. The lowest BCUT2D eigenvalue weighted by molar-refractivity contribution is 1.66. The van der Waals surface area contributed by atoms with Crippen LogP contribution in [0.2, 0.25) is 5.02 Å². The first-order valence-corrected chi connectivity index (χ1v) is 4.23. The summed E-state index contributed by atoms with van der Waals surface area (Å²) in [6.07, 6.45) is 3.54. The molecule has 0 atom stereocenters. The number of hydrogen-bond donors (Lipinski definition) is 0. The largest absolute Gasteiger partial charge is 0.0850 e. The van der Waals surface area contributed by atoms with E-state index in [0.717, 1.165) is 5.56 Å². The Morgan fingerprint density at radius 3 is 2.58 bits per heavy atom. The molecular formula is C10H8Cl2. The van der Waals surface area contributed by atoms with Gasteiger partial charge in [-0.3, -0.25) is 0 Å². The minimum absolute atomic E-state index is 0.495. The summed E-state index contributed by atoms with van der Waals surface area (Å²) in [6, 6.07) is 7.55. The molecule has 0 N–H and O–H groups in total. The normalized spacial score (nSPS) is 10.5. The third kappa shape index (κ3) is 2.72. The second-order valence-corrected chi connectivity index (χ2v) is 3.19. The fraction of sp³-hybridized carbons (Fsp3) is 0. The summed E-state index contributed by atoms with van der Waals surface area (Å²) >= 11 is 11.4. The molecule has 2 heteroatoms. The molecule has 1 aromatic rings. The smallest absolute Gasteiger partial charge is 0.0478 e. The zero-order valence-corrected chi connectivity index (χ0v) is 7.94. The van der Waals surface area contributed by atoms with Gasteiger partial charge in [0.25, 0.3) is 0 Å². The third-order valence-corrected chi connectivity index (χ3v) is 1.82. The molecule has 0 unspecified atom stereocenters. The molecule has 12 heavy (non-hydrogen) atoms. The quantitative estimate of drug-likeness (QED) is 0.628. The van der Waals surface area contributed by atoms with Gasteiger partial charge in [-0.05, 0) is 17.7 Å². The number of hydrogen-bond acceptors (Lipinski definition) is 0. The highest BCUT2D eigenvalue weighted by Crippen LogP contribution is 2.17. The first kappa shape index (κ1) is 9.37. The van der Waals surface area contributed by atoms with Gasteiger partial charge in [-0.15, -0.1) is 0 Å². The van der Waals surface area contributed by atoms with E-state index in [-0.39, 0.29) is 0 Å². The van der Waals surface area contributed by atoms with Gasteiger partial charge >= 0.3 is 0 Å². The fourth-order valence-electron chi connectivity index (χ4n) is 0.790. The van der Waals surface area contributed by atoms with Crippen LogP contribution in [-0.2, 0) is 0 Å². The standard InChI is InChI=1S/C10H8Cl2/c1-8(11)6-7-9-4-2-3-5-10(9)12/h2-7H,1H2/b7-6+. The maximum atomic E-state index is 5.88. The highest BCUT2D eigenvalue weighted by atomic mass is 35.5. The van der Waals surface area contributed by atoms with E-state index in [9.17, 15) is 0 Å². The van der Waals surface area contributed by atoms with Gasteiger partial charge in [-0.1, -0.05) is 54.1 Å². The number of allylic oxidation sites excluding steroid dienone is 2. The predicted molar refractivity (Wildman–Crippen MR) is 55.5 cm³/mol. The molecule has 0 aliphatic heterocycles. The van der Waals surface area contributed by atoms with Crippen molar-refractivity contribution in [1.82, 2.24) is 0 Å². The van der Waals surface area contributed by atoms with Crippen LogP contribution in [-0.4, -0.2) is 0 Å². The molecule has 0 aliphatic rings. The van der Waals surface area contributed by atoms with E-state index < -0.39 is 0 Å². The Bertz CT molecular complexity index is 313. The molecule has 0 heterocycles. The van der Waals surface area contributed by atoms with Crippen LogP contribution in [0.3, 0.4) is 0 Å². The second kappa shape index (κ2) is 4.34. The van der Waals surface area contributed by atoms with E-state index in [4.69, 9.17) is 23.2 Å². The average molecular weight is 199 g/mol. The van der Waals surface area contributed by atoms with Crippen LogP contribution in [0.25, 0.3) is 6.08 Å². The van der Waals surface area contributed by atoms with Crippen LogP contribution in [0.5, 0.6) is 0 Å². The highest BCUT2D eigenvalue weighted by molar-refractivity contribution is 6.32. The van der Waals surface area contributed by atoms with E-state index >= 15 is 0 Å². The van der Waals surface area contributed by atoms with Gasteiger partial charge < -0.3 is 0 Å². The molecule has 0 radical (unpaired) electrons. The molecule has 0 nitrogen and oxygen atoms in total. The molecule has 0 saturated carbocycles. The molecule has 0 aromatic heterocycles. The summed E-state index contributed by atoms with van der Waals surface area (Å²) in [7, 11) is 0. The zero-order chi connectivity index (χ0) is 8.97. The lowest BCUT2D eigenvalue weighted by Crippen LogP contribution is -1.72. The Kier molecular flexibility index (Phi) is 3.39. The van der Waals surface area contributed by atoms with E-state index in [0.29, 0.717) is 10.1 Å². The lowest BCUT2D eigenvalue weighted by atomic mass is 10.2. The summed E-state index contributed by atoms with van der Waals surface area (Å²) in [4.78, 5) is 0. The number of benzene rings is 1. The summed E-state index contributed by atoms with van der Waals surface area (Å²) < 4.78 is 0. The number of halogens is 2. The monoisotopic (exact) mass is 198 g/mol. The average Bonchev–Trinajstić information content (AvgIpc) is 2.03. The Morgan fingerprint density at radius 1 is 1.33 bits per heavy atom. The van der Waals surface area contributed by atoms with Crippen molar-refractivity contribution in [3.05, 3.63) is 52.5 Å². The minimum Gasteiger partial charge on any atom is -0.0850 e. The van der Waals surface area contributed by atoms with E-state index in [2.05, 4.69) is 6.58 Å². The van der Waals surface area contributed by atoms with Gasteiger partial charge in [0.05, 0.1) is 0 Å². The first-order valence-electron chi connectivity index (χ1n) is 3.47. The van der Waals surface area contributed by atoms with Crippen molar-refractivity contribution in [2.24, 2.45) is 0 Å². The Balaban J connectivity index is 2.89. The Labute approximate surface area is 82.1 Å².